The van der Waals surface area contributed by atoms with Crippen molar-refractivity contribution in [3.05, 3.63) is 84.1 Å². The number of nitrogens with zero attached hydrogens (tertiary/aromatic N) is 1. The summed E-state index contributed by atoms with van der Waals surface area (Å²) in [6.07, 6.45) is 0.654. The molecule has 0 bridgehead atoms. The molecule has 108 valence electrons. The van der Waals surface area contributed by atoms with Crippen molar-refractivity contribution in [2.45, 2.75) is 6.42 Å². The van der Waals surface area contributed by atoms with Crippen LogP contribution >= 0.6 is 0 Å². The van der Waals surface area contributed by atoms with Gasteiger partial charge in [-0.25, -0.2) is 0 Å². The van der Waals surface area contributed by atoms with E-state index in [0.29, 0.717) is 11.9 Å². The van der Waals surface area contributed by atoms with Crippen LogP contribution in [0.1, 0.15) is 11.3 Å². The van der Waals surface area contributed by atoms with Crippen molar-refractivity contribution in [3.8, 4) is 11.3 Å². The lowest BCUT2D eigenvalue weighted by Crippen LogP contribution is -2.29. The van der Waals surface area contributed by atoms with Gasteiger partial charge in [-0.15, -0.1) is 0 Å². The van der Waals surface area contributed by atoms with Crippen molar-refractivity contribution in [1.82, 2.24) is 4.98 Å². The smallest absolute Gasteiger partial charge is 0.423 e. The Labute approximate surface area is 130 Å². The summed E-state index contributed by atoms with van der Waals surface area (Å²) in [6.45, 7) is 0. The SMILES string of the molecule is OB(O)c1cccc(Cc2cccc(-c3ccccc3)n2)c1. The molecule has 1 aromatic heterocycles. The highest BCUT2D eigenvalue weighted by Gasteiger charge is 2.11. The van der Waals surface area contributed by atoms with E-state index in [-0.39, 0.29) is 0 Å². The van der Waals surface area contributed by atoms with Crippen LogP contribution in [0.2, 0.25) is 0 Å². The van der Waals surface area contributed by atoms with E-state index in [0.717, 1.165) is 22.5 Å². The maximum atomic E-state index is 9.25. The van der Waals surface area contributed by atoms with E-state index >= 15 is 0 Å². The minimum Gasteiger partial charge on any atom is -0.423 e. The van der Waals surface area contributed by atoms with Crippen LogP contribution in [0.4, 0.5) is 0 Å². The van der Waals surface area contributed by atoms with Gasteiger partial charge in [0.2, 0.25) is 0 Å². The number of hydrogen-bond donors (Lipinski definition) is 2. The molecule has 3 aromatic rings. The average molecular weight is 289 g/mol. The van der Waals surface area contributed by atoms with Gasteiger partial charge in [-0.2, -0.15) is 0 Å². The molecule has 0 spiro atoms. The Morgan fingerprint density at radius 2 is 1.59 bits per heavy atom. The van der Waals surface area contributed by atoms with Crippen molar-refractivity contribution >= 4 is 12.6 Å². The summed E-state index contributed by atoms with van der Waals surface area (Å²) in [4.78, 5) is 4.69. The van der Waals surface area contributed by atoms with Gasteiger partial charge in [0.05, 0.1) is 5.69 Å². The summed E-state index contributed by atoms with van der Waals surface area (Å²) in [5.74, 6) is 0. The molecule has 0 fully saturated rings. The highest BCUT2D eigenvalue weighted by molar-refractivity contribution is 6.58. The summed E-state index contributed by atoms with van der Waals surface area (Å²) >= 11 is 0. The van der Waals surface area contributed by atoms with E-state index in [9.17, 15) is 10.0 Å². The minimum atomic E-state index is -1.44. The molecular weight excluding hydrogens is 273 g/mol. The lowest BCUT2D eigenvalue weighted by Gasteiger charge is -2.07. The van der Waals surface area contributed by atoms with Crippen LogP contribution in [0.5, 0.6) is 0 Å². The van der Waals surface area contributed by atoms with Crippen LogP contribution in [0, 0.1) is 0 Å². The van der Waals surface area contributed by atoms with Crippen LogP contribution in [0.25, 0.3) is 11.3 Å². The maximum absolute atomic E-state index is 9.25. The van der Waals surface area contributed by atoms with E-state index in [4.69, 9.17) is 0 Å². The molecule has 3 rings (SSSR count). The van der Waals surface area contributed by atoms with Crippen molar-refractivity contribution in [2.24, 2.45) is 0 Å². The summed E-state index contributed by atoms with van der Waals surface area (Å²) in [7, 11) is -1.44. The first-order valence-corrected chi connectivity index (χ1v) is 7.19. The standard InChI is InChI=1S/C18H16BNO2/c21-19(22)16-9-4-6-14(12-16)13-17-10-5-11-18(20-17)15-7-2-1-3-8-15/h1-12,21-22H,13H2. The van der Waals surface area contributed by atoms with Crippen LogP contribution in [0.3, 0.4) is 0 Å². The molecular formula is C18H16BNO2. The molecule has 2 N–H and O–H groups in total. The van der Waals surface area contributed by atoms with Crippen LogP contribution < -0.4 is 5.46 Å². The zero-order valence-corrected chi connectivity index (χ0v) is 12.1. The van der Waals surface area contributed by atoms with Crippen LogP contribution in [-0.4, -0.2) is 22.2 Å². The molecule has 0 unspecified atom stereocenters. The number of rotatable bonds is 4. The van der Waals surface area contributed by atoms with Gasteiger partial charge < -0.3 is 10.0 Å². The minimum absolute atomic E-state index is 0.497. The Morgan fingerprint density at radius 3 is 2.36 bits per heavy atom. The van der Waals surface area contributed by atoms with Crippen molar-refractivity contribution in [2.75, 3.05) is 0 Å². The second-order valence-corrected chi connectivity index (χ2v) is 5.18. The Hall–Kier alpha value is -2.43. The summed E-state index contributed by atoms with van der Waals surface area (Å²) in [5, 5.41) is 18.5. The molecule has 0 atom stereocenters. The van der Waals surface area contributed by atoms with Gasteiger partial charge in [0, 0.05) is 17.7 Å². The predicted molar refractivity (Wildman–Crippen MR) is 88.7 cm³/mol. The maximum Gasteiger partial charge on any atom is 0.488 e. The lowest BCUT2D eigenvalue weighted by atomic mass is 9.79. The normalized spacial score (nSPS) is 10.5. The molecule has 0 saturated carbocycles. The molecule has 0 amide bonds. The number of aromatic nitrogens is 1. The highest BCUT2D eigenvalue weighted by Crippen LogP contribution is 2.17. The molecule has 0 aliphatic carbocycles. The fourth-order valence-electron chi connectivity index (χ4n) is 2.42. The monoisotopic (exact) mass is 289 g/mol. The summed E-state index contributed by atoms with van der Waals surface area (Å²) < 4.78 is 0. The van der Waals surface area contributed by atoms with Gasteiger partial charge in [0.25, 0.3) is 0 Å². The first-order valence-electron chi connectivity index (χ1n) is 7.19. The first kappa shape index (κ1) is 14.5. The highest BCUT2D eigenvalue weighted by atomic mass is 16.4. The Bertz CT molecular complexity index is 760. The quantitative estimate of drug-likeness (QED) is 0.722. The van der Waals surface area contributed by atoms with Crippen molar-refractivity contribution in [3.63, 3.8) is 0 Å². The second-order valence-electron chi connectivity index (χ2n) is 5.18. The Morgan fingerprint density at radius 1 is 0.818 bits per heavy atom. The molecule has 0 aliphatic rings. The predicted octanol–water partition coefficient (Wildman–Crippen LogP) is 2.02. The van der Waals surface area contributed by atoms with Gasteiger partial charge in [-0.3, -0.25) is 4.98 Å². The number of hydrogen-bond acceptors (Lipinski definition) is 3. The van der Waals surface area contributed by atoms with Gasteiger partial charge in [-0.05, 0) is 23.2 Å². The van der Waals surface area contributed by atoms with E-state index in [2.05, 4.69) is 4.98 Å². The third-order valence-electron chi connectivity index (χ3n) is 3.51. The third-order valence-corrected chi connectivity index (χ3v) is 3.51. The zero-order valence-electron chi connectivity index (χ0n) is 12.1. The molecule has 0 aliphatic heterocycles. The van der Waals surface area contributed by atoms with Gasteiger partial charge in [0.1, 0.15) is 0 Å². The molecule has 4 heteroatoms. The van der Waals surface area contributed by atoms with Crippen LogP contribution in [0.15, 0.2) is 72.8 Å². The third kappa shape index (κ3) is 3.42. The van der Waals surface area contributed by atoms with Gasteiger partial charge in [-0.1, -0.05) is 60.7 Å². The fourth-order valence-corrected chi connectivity index (χ4v) is 2.42. The summed E-state index contributed by atoms with van der Waals surface area (Å²) in [6, 6.07) is 23.3. The van der Waals surface area contributed by atoms with Gasteiger partial charge in [0.15, 0.2) is 0 Å². The topological polar surface area (TPSA) is 53.4 Å². The van der Waals surface area contributed by atoms with E-state index in [1.54, 1.807) is 12.1 Å². The lowest BCUT2D eigenvalue weighted by molar-refractivity contribution is 0.425. The molecule has 22 heavy (non-hydrogen) atoms. The number of benzene rings is 2. The summed E-state index contributed by atoms with van der Waals surface area (Å²) in [5.41, 5.74) is 4.48. The molecule has 3 nitrogen and oxygen atoms in total. The average Bonchev–Trinajstić information content (AvgIpc) is 2.56. The van der Waals surface area contributed by atoms with Crippen molar-refractivity contribution < 1.29 is 10.0 Å². The van der Waals surface area contributed by atoms with E-state index in [1.165, 1.54) is 0 Å². The molecule has 0 saturated heterocycles. The van der Waals surface area contributed by atoms with Gasteiger partial charge >= 0.3 is 7.12 Å². The largest absolute Gasteiger partial charge is 0.488 e. The Kier molecular flexibility index (Phi) is 4.33. The second kappa shape index (κ2) is 6.56. The fraction of sp³-hybridized carbons (Fsp3) is 0.0556. The van der Waals surface area contributed by atoms with E-state index < -0.39 is 7.12 Å². The molecule has 0 radical (unpaired) electrons. The van der Waals surface area contributed by atoms with Crippen molar-refractivity contribution in [1.29, 1.82) is 0 Å². The first-order chi connectivity index (χ1) is 10.7. The number of pyridine rings is 1. The van der Waals surface area contributed by atoms with Crippen LogP contribution in [-0.2, 0) is 6.42 Å². The Balaban J connectivity index is 1.86. The zero-order chi connectivity index (χ0) is 15.4. The molecule has 2 aromatic carbocycles. The molecule has 1 heterocycles. The van der Waals surface area contributed by atoms with E-state index in [1.807, 2.05) is 60.7 Å².